The predicted molar refractivity (Wildman–Crippen MR) is 113 cm³/mol. The third kappa shape index (κ3) is 3.53. The molecule has 2 atom stereocenters. The molecule has 0 bridgehead atoms. The average molecular weight is 411 g/mol. The molecule has 0 radical (unpaired) electrons. The molecule has 1 saturated heterocycles. The lowest BCUT2D eigenvalue weighted by molar-refractivity contribution is -0.127. The van der Waals surface area contributed by atoms with Gasteiger partial charge in [-0.3, -0.25) is 9.00 Å². The minimum atomic E-state index is -1.05. The maximum absolute atomic E-state index is 12.1. The van der Waals surface area contributed by atoms with Crippen LogP contribution in [0.25, 0.3) is 22.3 Å². The number of nitrogen functional groups attached to an aromatic ring is 1. The van der Waals surface area contributed by atoms with E-state index in [-0.39, 0.29) is 11.9 Å². The van der Waals surface area contributed by atoms with Gasteiger partial charge in [-0.15, -0.1) is 0 Å². The normalized spacial score (nSPS) is 18.0. The number of hydrogen-bond donors (Lipinski definition) is 1. The van der Waals surface area contributed by atoms with E-state index in [9.17, 15) is 9.00 Å². The summed E-state index contributed by atoms with van der Waals surface area (Å²) in [5, 5.41) is 5.52. The molecule has 2 aromatic heterocycles. The van der Waals surface area contributed by atoms with E-state index in [0.29, 0.717) is 35.6 Å². The van der Waals surface area contributed by atoms with Gasteiger partial charge in [-0.05, 0) is 31.1 Å². The molecule has 1 aliphatic rings. The first kappa shape index (κ1) is 19.3. The summed E-state index contributed by atoms with van der Waals surface area (Å²) in [6, 6.07) is 7.39. The molecule has 1 aromatic carbocycles. The van der Waals surface area contributed by atoms with Crippen molar-refractivity contribution < 1.29 is 9.00 Å². The van der Waals surface area contributed by atoms with Crippen LogP contribution in [-0.4, -0.2) is 54.1 Å². The summed E-state index contributed by atoms with van der Waals surface area (Å²) in [5.41, 5.74) is 8.35. The van der Waals surface area contributed by atoms with Gasteiger partial charge in [-0.2, -0.15) is 5.10 Å². The van der Waals surface area contributed by atoms with Gasteiger partial charge in [0.15, 0.2) is 5.65 Å². The summed E-state index contributed by atoms with van der Waals surface area (Å²) < 4.78 is 13.6. The number of nitrogens with zero attached hydrogens (tertiary/aromatic N) is 5. The molecule has 0 aliphatic carbocycles. The van der Waals surface area contributed by atoms with Crippen LogP contribution in [0, 0.1) is 0 Å². The lowest BCUT2D eigenvalue weighted by Gasteiger charge is -2.32. The van der Waals surface area contributed by atoms with Crippen LogP contribution in [0.4, 0.5) is 5.82 Å². The second kappa shape index (κ2) is 7.75. The number of likely N-dealkylation sites (tertiary alicyclic amines) is 1. The first-order valence-corrected chi connectivity index (χ1v) is 10.9. The molecule has 3 heterocycles. The van der Waals surface area contributed by atoms with Crippen LogP contribution in [0.5, 0.6) is 0 Å². The van der Waals surface area contributed by atoms with Crippen LogP contribution in [0.1, 0.15) is 18.9 Å². The molecule has 29 heavy (non-hydrogen) atoms. The predicted octanol–water partition coefficient (Wildman–Crippen LogP) is 2.16. The highest BCUT2D eigenvalue weighted by Crippen LogP contribution is 2.34. The molecule has 2 N–H and O–H groups in total. The number of piperidine rings is 1. The third-order valence-corrected chi connectivity index (χ3v) is 6.14. The number of hydrogen-bond acceptors (Lipinski definition) is 6. The molecule has 0 spiro atoms. The van der Waals surface area contributed by atoms with E-state index in [1.165, 1.54) is 12.4 Å². The molecule has 3 aromatic rings. The zero-order valence-corrected chi connectivity index (χ0v) is 16.9. The Morgan fingerprint density at radius 1 is 1.31 bits per heavy atom. The highest BCUT2D eigenvalue weighted by Gasteiger charge is 2.27. The Kier molecular flexibility index (Phi) is 5.14. The quantitative estimate of drug-likeness (QED) is 0.661. The monoisotopic (exact) mass is 410 g/mol. The Bertz CT molecular complexity index is 1110. The van der Waals surface area contributed by atoms with E-state index in [4.69, 9.17) is 10.8 Å². The van der Waals surface area contributed by atoms with Gasteiger partial charge in [-0.25, -0.2) is 14.6 Å². The number of amides is 1. The Morgan fingerprint density at radius 2 is 2.07 bits per heavy atom. The topological polar surface area (TPSA) is 107 Å². The van der Waals surface area contributed by atoms with Crippen molar-refractivity contribution in [3.8, 4) is 11.3 Å². The molecule has 0 saturated carbocycles. The minimum absolute atomic E-state index is 0.0133. The highest BCUT2D eigenvalue weighted by molar-refractivity contribution is 7.84. The summed E-state index contributed by atoms with van der Waals surface area (Å²) in [6.07, 6.45) is 6.17. The number of anilines is 1. The van der Waals surface area contributed by atoms with Crippen molar-refractivity contribution >= 4 is 33.6 Å². The number of aromatic nitrogens is 4. The van der Waals surface area contributed by atoms with Crippen LogP contribution in [0.2, 0.25) is 0 Å². The van der Waals surface area contributed by atoms with E-state index < -0.39 is 10.8 Å². The smallest absolute Gasteiger partial charge is 0.246 e. The van der Waals surface area contributed by atoms with E-state index >= 15 is 0 Å². The van der Waals surface area contributed by atoms with Crippen molar-refractivity contribution in [3.63, 3.8) is 0 Å². The van der Waals surface area contributed by atoms with Gasteiger partial charge in [0, 0.05) is 40.6 Å². The number of nitrogens with two attached hydrogens (primary N) is 1. The summed E-state index contributed by atoms with van der Waals surface area (Å²) >= 11 is 0. The van der Waals surface area contributed by atoms with Crippen molar-refractivity contribution in [2.24, 2.45) is 0 Å². The Morgan fingerprint density at radius 3 is 2.76 bits per heavy atom. The Hall–Kier alpha value is -3.07. The van der Waals surface area contributed by atoms with Gasteiger partial charge in [0.05, 0.1) is 11.4 Å². The minimum Gasteiger partial charge on any atom is -0.383 e. The van der Waals surface area contributed by atoms with Gasteiger partial charge in [-0.1, -0.05) is 18.7 Å². The zero-order valence-electron chi connectivity index (χ0n) is 16.1. The van der Waals surface area contributed by atoms with E-state index in [2.05, 4.69) is 16.5 Å². The Labute approximate surface area is 170 Å². The fraction of sp³-hybridized carbons (Fsp3) is 0.300. The van der Waals surface area contributed by atoms with E-state index in [0.717, 1.165) is 23.3 Å². The standard InChI is InChI=1S/C20H22N6O2S/c1-3-16(27)25-10-4-5-14(11-25)26-20-17(19(21)22-12-23-20)18(24-26)13-6-8-15(9-7-13)29(2)28/h3,6-9,12,14H,1,4-5,10-11H2,2H3,(H2,21,22,23)/t14-,29?/m1/s1. The van der Waals surface area contributed by atoms with Gasteiger partial charge < -0.3 is 10.6 Å². The maximum Gasteiger partial charge on any atom is 0.246 e. The molecule has 1 fully saturated rings. The lowest BCUT2D eigenvalue weighted by atomic mass is 10.1. The number of carbonyl (C=O) groups is 1. The molecule has 150 valence electrons. The number of rotatable bonds is 4. The number of fused-ring (bicyclic) bond motifs is 1. The summed E-state index contributed by atoms with van der Waals surface area (Å²) in [7, 11) is -1.05. The molecule has 9 heteroatoms. The summed E-state index contributed by atoms with van der Waals surface area (Å²) in [6.45, 7) is 4.83. The SMILES string of the molecule is C=CC(=O)N1CCC[C@@H](n2nc(-c3ccc(S(C)=O)cc3)c3c(N)ncnc32)C1. The van der Waals surface area contributed by atoms with Crippen molar-refractivity contribution in [1.29, 1.82) is 0 Å². The van der Waals surface area contributed by atoms with Crippen LogP contribution < -0.4 is 5.73 Å². The van der Waals surface area contributed by atoms with Crippen LogP contribution in [0.15, 0.2) is 48.1 Å². The van der Waals surface area contributed by atoms with Crippen molar-refractivity contribution in [3.05, 3.63) is 43.2 Å². The van der Waals surface area contributed by atoms with Crippen molar-refractivity contribution in [2.45, 2.75) is 23.8 Å². The summed E-state index contributed by atoms with van der Waals surface area (Å²) in [4.78, 5) is 23.2. The second-order valence-corrected chi connectivity index (χ2v) is 8.39. The van der Waals surface area contributed by atoms with Gasteiger partial charge in [0.2, 0.25) is 5.91 Å². The first-order chi connectivity index (χ1) is 14.0. The van der Waals surface area contributed by atoms with Gasteiger partial charge in [0.1, 0.15) is 17.8 Å². The lowest BCUT2D eigenvalue weighted by Crippen LogP contribution is -2.40. The largest absolute Gasteiger partial charge is 0.383 e. The fourth-order valence-corrected chi connectivity index (χ4v) is 4.26. The molecular formula is C20H22N6O2S. The first-order valence-electron chi connectivity index (χ1n) is 9.33. The molecule has 1 aliphatic heterocycles. The molecule has 8 nitrogen and oxygen atoms in total. The zero-order chi connectivity index (χ0) is 20.5. The van der Waals surface area contributed by atoms with Crippen LogP contribution in [0.3, 0.4) is 0 Å². The maximum atomic E-state index is 12.1. The Balaban J connectivity index is 1.80. The van der Waals surface area contributed by atoms with Crippen molar-refractivity contribution in [1.82, 2.24) is 24.6 Å². The average Bonchev–Trinajstić information content (AvgIpc) is 3.14. The van der Waals surface area contributed by atoms with Crippen LogP contribution in [-0.2, 0) is 15.6 Å². The van der Waals surface area contributed by atoms with Crippen molar-refractivity contribution in [2.75, 3.05) is 25.1 Å². The highest BCUT2D eigenvalue weighted by atomic mass is 32.2. The summed E-state index contributed by atoms with van der Waals surface area (Å²) in [5.74, 6) is 0.276. The number of benzene rings is 1. The molecule has 1 unspecified atom stereocenters. The van der Waals surface area contributed by atoms with E-state index in [1.54, 1.807) is 11.2 Å². The van der Waals surface area contributed by atoms with Crippen LogP contribution >= 0.6 is 0 Å². The number of carbonyl (C=O) groups excluding carboxylic acids is 1. The third-order valence-electron chi connectivity index (χ3n) is 5.21. The van der Waals surface area contributed by atoms with E-state index in [1.807, 2.05) is 28.9 Å². The van der Waals surface area contributed by atoms with Gasteiger partial charge >= 0.3 is 0 Å². The molecule has 1 amide bonds. The molecular weight excluding hydrogens is 388 g/mol. The molecule has 4 rings (SSSR count). The second-order valence-electron chi connectivity index (χ2n) is 7.01. The fourth-order valence-electron chi connectivity index (χ4n) is 3.74. The van der Waals surface area contributed by atoms with Gasteiger partial charge in [0.25, 0.3) is 0 Å².